The van der Waals surface area contributed by atoms with E-state index in [1.807, 2.05) is 0 Å². The monoisotopic (exact) mass is 934 g/mol. The molecule has 0 aromatic heterocycles. The molecule has 4 heteroatoms. The average Bonchev–Trinajstić information content (AvgIpc) is 3.32. The fourth-order valence-electron chi connectivity index (χ4n) is 12.8. The summed E-state index contributed by atoms with van der Waals surface area (Å²) in [5, 5.41) is 0. The maximum atomic E-state index is 2.72. The Morgan fingerprint density at radius 2 is 0.901 bits per heavy atom. The van der Waals surface area contributed by atoms with Crippen LogP contribution in [0.4, 0.5) is 51.2 Å². The molecule has 0 saturated carbocycles. The Morgan fingerprint density at radius 3 is 1.45 bits per heavy atom. The summed E-state index contributed by atoms with van der Waals surface area (Å²) in [6.07, 6.45) is 4.69. The molecule has 0 spiro atoms. The van der Waals surface area contributed by atoms with E-state index in [1.54, 1.807) is 0 Å². The molecule has 7 aromatic carbocycles. The molecule has 2 heterocycles. The lowest BCUT2D eigenvalue weighted by atomic mass is 9.33. The van der Waals surface area contributed by atoms with Crippen LogP contribution in [0.5, 0.6) is 0 Å². The molecule has 0 bridgehead atoms. The lowest BCUT2D eigenvalue weighted by Crippen LogP contribution is -2.62. The topological polar surface area (TPSA) is 9.72 Å². The second-order valence-electron chi connectivity index (χ2n) is 26.5. The minimum atomic E-state index is -0.122. The van der Waals surface area contributed by atoms with Crippen LogP contribution >= 0.6 is 0 Å². The second kappa shape index (κ2) is 16.0. The standard InChI is InChI=1S/C67H76BN3/c1-43-36-44(62(2,3)4)26-30-56(43)71-57-31-28-49(69(46-22-18-16-19-23-46)47-24-20-17-21-25-47)40-54(57)68-55-41-52-53(67(14,15)35-34-66(52,12)13)42-58(55)70(59-37-45(63(5,6)7)38-60(71)61(59)68)48-27-29-50-51(39-48)65(10,11)33-32-64(50,8)9/h16-31,36-42H,32-35H2,1-15H3. The Bertz CT molecular complexity index is 3210. The van der Waals surface area contributed by atoms with Crippen LogP contribution in [-0.4, -0.2) is 6.71 Å². The smallest absolute Gasteiger partial charge is 0.252 e. The van der Waals surface area contributed by atoms with E-state index in [0.717, 1.165) is 29.9 Å². The van der Waals surface area contributed by atoms with Gasteiger partial charge >= 0.3 is 0 Å². The van der Waals surface area contributed by atoms with Gasteiger partial charge in [-0.3, -0.25) is 0 Å². The van der Waals surface area contributed by atoms with E-state index < -0.39 is 0 Å². The molecule has 7 aromatic rings. The van der Waals surface area contributed by atoms with Gasteiger partial charge in [-0.15, -0.1) is 0 Å². The zero-order valence-corrected chi connectivity index (χ0v) is 45.5. The SMILES string of the molecule is Cc1cc(C(C)(C)C)ccc1N1c2ccc(N(c3ccccc3)c3ccccc3)cc2B2c3cc4c(cc3N(c3ccc5c(c3)C(C)(C)CCC5(C)C)c3cc(C(C)(C)C)cc1c32)C(C)(C)CCC4(C)C. The summed E-state index contributed by atoms with van der Waals surface area (Å²) in [5.74, 6) is 0. The number of nitrogens with zero attached hydrogens (tertiary/aromatic N) is 3. The van der Waals surface area contributed by atoms with Gasteiger partial charge in [0.2, 0.25) is 0 Å². The van der Waals surface area contributed by atoms with Gasteiger partial charge in [0.25, 0.3) is 6.71 Å². The number of hydrogen-bond donors (Lipinski definition) is 0. The van der Waals surface area contributed by atoms with E-state index in [2.05, 4.69) is 258 Å². The summed E-state index contributed by atoms with van der Waals surface area (Å²) < 4.78 is 0. The zero-order valence-electron chi connectivity index (χ0n) is 45.5. The van der Waals surface area contributed by atoms with Crippen LogP contribution in [0.3, 0.4) is 0 Å². The van der Waals surface area contributed by atoms with E-state index in [0.29, 0.717) is 0 Å². The first-order chi connectivity index (χ1) is 33.4. The fraction of sp³-hybridized carbons (Fsp3) is 0.373. The summed E-state index contributed by atoms with van der Waals surface area (Å²) in [4.78, 5) is 7.81. The lowest BCUT2D eigenvalue weighted by Gasteiger charge is -2.48. The molecule has 71 heavy (non-hydrogen) atoms. The van der Waals surface area contributed by atoms with Crippen molar-refractivity contribution in [1.82, 2.24) is 0 Å². The molecule has 0 N–H and O–H groups in total. The Kier molecular flexibility index (Phi) is 10.7. The number of rotatable bonds is 5. The predicted molar refractivity (Wildman–Crippen MR) is 308 cm³/mol. The van der Waals surface area contributed by atoms with E-state index in [9.17, 15) is 0 Å². The maximum absolute atomic E-state index is 2.72. The molecule has 0 radical (unpaired) electrons. The van der Waals surface area contributed by atoms with Crippen molar-refractivity contribution in [3.05, 3.63) is 178 Å². The number of fused-ring (bicyclic) bond motifs is 6. The molecule has 4 aliphatic rings. The first-order valence-electron chi connectivity index (χ1n) is 26.6. The molecule has 0 amide bonds. The molecule has 2 aliphatic carbocycles. The van der Waals surface area contributed by atoms with Crippen molar-refractivity contribution < 1.29 is 0 Å². The van der Waals surface area contributed by atoms with E-state index in [4.69, 9.17) is 0 Å². The molecule has 0 fully saturated rings. The van der Waals surface area contributed by atoms with Gasteiger partial charge in [0.05, 0.1) is 0 Å². The lowest BCUT2D eigenvalue weighted by molar-refractivity contribution is 0.332. The maximum Gasteiger partial charge on any atom is 0.252 e. The highest BCUT2D eigenvalue weighted by Crippen LogP contribution is 2.54. The molecular weight excluding hydrogens is 858 g/mol. The highest BCUT2D eigenvalue weighted by atomic mass is 15.2. The summed E-state index contributed by atoms with van der Waals surface area (Å²) in [6, 6.07) is 54.5. The van der Waals surface area contributed by atoms with Crippen molar-refractivity contribution in [1.29, 1.82) is 0 Å². The quantitative estimate of drug-likeness (QED) is 0.159. The van der Waals surface area contributed by atoms with Crippen molar-refractivity contribution in [3.8, 4) is 0 Å². The number of aryl methyl sites for hydroxylation is 1. The second-order valence-corrected chi connectivity index (χ2v) is 26.5. The van der Waals surface area contributed by atoms with Gasteiger partial charge in [-0.05, 0) is 199 Å². The molecule has 0 unspecified atom stereocenters. The molecule has 11 rings (SSSR count). The van der Waals surface area contributed by atoms with Crippen molar-refractivity contribution in [2.45, 2.75) is 162 Å². The number of anilines is 9. The minimum absolute atomic E-state index is 0.0249. The van der Waals surface area contributed by atoms with Gasteiger partial charge in [0.1, 0.15) is 0 Å². The highest BCUT2D eigenvalue weighted by Gasteiger charge is 2.48. The van der Waals surface area contributed by atoms with Gasteiger partial charge in [0, 0.05) is 51.2 Å². The third kappa shape index (κ3) is 7.68. The molecule has 362 valence electrons. The zero-order chi connectivity index (χ0) is 50.4. The van der Waals surface area contributed by atoms with Crippen LogP contribution in [0.15, 0.2) is 140 Å². The third-order valence-electron chi connectivity index (χ3n) is 17.6. The van der Waals surface area contributed by atoms with Crippen molar-refractivity contribution in [2.24, 2.45) is 0 Å². The number of benzene rings is 7. The molecular formula is C67H76BN3. The molecule has 2 aliphatic heterocycles. The van der Waals surface area contributed by atoms with Crippen molar-refractivity contribution in [3.63, 3.8) is 0 Å². The van der Waals surface area contributed by atoms with Gasteiger partial charge in [-0.2, -0.15) is 0 Å². The summed E-state index contributed by atoms with van der Waals surface area (Å²) in [6.45, 7) is 36.3. The van der Waals surface area contributed by atoms with Crippen LogP contribution in [0.2, 0.25) is 0 Å². The van der Waals surface area contributed by atoms with Crippen molar-refractivity contribution in [2.75, 3.05) is 14.7 Å². The summed E-state index contributed by atoms with van der Waals surface area (Å²) in [7, 11) is 0. The van der Waals surface area contributed by atoms with Gasteiger partial charge in [0.15, 0.2) is 0 Å². The predicted octanol–water partition coefficient (Wildman–Crippen LogP) is 16.8. The first kappa shape index (κ1) is 47.3. The Hall–Kier alpha value is -6.00. The van der Waals surface area contributed by atoms with E-state index in [1.165, 1.54) is 102 Å². The molecule has 3 nitrogen and oxygen atoms in total. The Labute approximate surface area is 427 Å². The van der Waals surface area contributed by atoms with Crippen LogP contribution in [-0.2, 0) is 32.5 Å². The highest BCUT2D eigenvalue weighted by molar-refractivity contribution is 7.00. The average molecular weight is 934 g/mol. The fourth-order valence-corrected chi connectivity index (χ4v) is 12.8. The largest absolute Gasteiger partial charge is 0.311 e. The number of para-hydroxylation sites is 2. The third-order valence-corrected chi connectivity index (χ3v) is 17.6. The number of hydrogen-bond acceptors (Lipinski definition) is 3. The van der Waals surface area contributed by atoms with Crippen molar-refractivity contribution >= 4 is 74.3 Å². The molecule has 0 atom stereocenters. The minimum Gasteiger partial charge on any atom is -0.311 e. The van der Waals surface area contributed by atoms with Gasteiger partial charge in [-0.25, -0.2) is 0 Å². The van der Waals surface area contributed by atoms with E-state index >= 15 is 0 Å². The van der Waals surface area contributed by atoms with Gasteiger partial charge in [-0.1, -0.05) is 158 Å². The van der Waals surface area contributed by atoms with Crippen LogP contribution in [0, 0.1) is 6.92 Å². The normalized spacial score (nSPS) is 17.9. The van der Waals surface area contributed by atoms with Gasteiger partial charge < -0.3 is 14.7 Å². The van der Waals surface area contributed by atoms with Crippen LogP contribution < -0.4 is 31.1 Å². The van der Waals surface area contributed by atoms with Crippen LogP contribution in [0.1, 0.15) is 162 Å². The summed E-state index contributed by atoms with van der Waals surface area (Å²) >= 11 is 0. The Balaban J connectivity index is 1.28. The molecule has 0 saturated heterocycles. The summed E-state index contributed by atoms with van der Waals surface area (Å²) in [5.41, 5.74) is 25.2. The Morgan fingerprint density at radius 1 is 0.408 bits per heavy atom. The first-order valence-corrected chi connectivity index (χ1v) is 26.6. The van der Waals surface area contributed by atoms with E-state index in [-0.39, 0.29) is 39.2 Å². The van der Waals surface area contributed by atoms with Crippen LogP contribution in [0.25, 0.3) is 0 Å².